The van der Waals surface area contributed by atoms with Crippen molar-refractivity contribution in [2.45, 2.75) is 12.3 Å². The van der Waals surface area contributed by atoms with E-state index in [-0.39, 0.29) is 24.1 Å². The van der Waals surface area contributed by atoms with Crippen LogP contribution in [-0.2, 0) is 9.59 Å². The van der Waals surface area contributed by atoms with Crippen molar-refractivity contribution in [2.24, 2.45) is 0 Å². The summed E-state index contributed by atoms with van der Waals surface area (Å²) in [5.74, 6) is -0.978. The van der Waals surface area contributed by atoms with Gasteiger partial charge in [0.2, 0.25) is 5.91 Å². The van der Waals surface area contributed by atoms with Gasteiger partial charge in [-0.05, 0) is 29.8 Å². The average molecular weight is 375 g/mol. The number of anilines is 1. The highest BCUT2D eigenvalue weighted by atomic mass is 35.5. The molecule has 5 nitrogen and oxygen atoms in total. The summed E-state index contributed by atoms with van der Waals surface area (Å²) >= 11 is 5.99. The molecule has 1 heterocycles. The number of carbonyl (C=O) groups is 2. The van der Waals surface area contributed by atoms with Crippen molar-refractivity contribution in [1.29, 1.82) is 0 Å². The van der Waals surface area contributed by atoms with Crippen LogP contribution in [0.25, 0.3) is 0 Å². The monoisotopic (exact) mass is 374 g/mol. The van der Waals surface area contributed by atoms with E-state index in [9.17, 15) is 14.0 Å². The van der Waals surface area contributed by atoms with Crippen molar-refractivity contribution in [3.8, 4) is 5.75 Å². The highest BCUT2D eigenvalue weighted by Crippen LogP contribution is 2.32. The first-order chi connectivity index (χ1) is 12.5. The van der Waals surface area contributed by atoms with Gasteiger partial charge in [0.05, 0.1) is 12.1 Å². The van der Waals surface area contributed by atoms with Crippen LogP contribution in [0.3, 0.4) is 0 Å². The number of amides is 2. The summed E-state index contributed by atoms with van der Waals surface area (Å²) in [6.45, 7) is 0. The van der Waals surface area contributed by atoms with Crippen molar-refractivity contribution < 1.29 is 18.7 Å². The van der Waals surface area contributed by atoms with Gasteiger partial charge in [-0.1, -0.05) is 23.7 Å². The fourth-order valence-corrected chi connectivity index (χ4v) is 2.96. The van der Waals surface area contributed by atoms with Crippen molar-refractivity contribution in [2.75, 3.05) is 12.4 Å². The highest BCUT2D eigenvalue weighted by molar-refractivity contribution is 6.32. The third kappa shape index (κ3) is 3.86. The maximum absolute atomic E-state index is 13.2. The third-order valence-corrected chi connectivity index (χ3v) is 4.41. The van der Waals surface area contributed by atoms with Gasteiger partial charge in [0.15, 0.2) is 0 Å². The van der Waals surface area contributed by atoms with Crippen LogP contribution in [-0.4, -0.2) is 18.9 Å². The number of halogens is 2. The van der Waals surface area contributed by atoms with Gasteiger partial charge in [0.25, 0.3) is 5.91 Å². The number of ether oxygens (including phenoxy) is 1. The minimum Gasteiger partial charge on any atom is -0.495 e. The number of hydrogen-bond donors (Lipinski definition) is 2. The number of benzene rings is 2. The lowest BCUT2D eigenvalue weighted by Crippen LogP contribution is -2.31. The molecule has 134 valence electrons. The SMILES string of the molecule is COc1cc(NC(=O)C2=CNC(=O)CC2c2ccc(F)cc2)ccc1Cl. The Morgan fingerprint density at radius 1 is 1.27 bits per heavy atom. The normalized spacial score (nSPS) is 16.5. The molecule has 2 N–H and O–H groups in total. The molecular weight excluding hydrogens is 359 g/mol. The number of methoxy groups -OCH3 is 1. The van der Waals surface area contributed by atoms with Gasteiger partial charge in [-0.3, -0.25) is 9.59 Å². The molecule has 0 saturated heterocycles. The molecular formula is C19H16ClFN2O3. The summed E-state index contributed by atoms with van der Waals surface area (Å²) in [5.41, 5.74) is 1.58. The molecule has 1 unspecified atom stereocenters. The van der Waals surface area contributed by atoms with E-state index in [1.165, 1.54) is 25.4 Å². The molecule has 0 radical (unpaired) electrons. The van der Waals surface area contributed by atoms with E-state index in [0.29, 0.717) is 27.6 Å². The lowest BCUT2D eigenvalue weighted by Gasteiger charge is -2.24. The maximum atomic E-state index is 13.2. The summed E-state index contributed by atoms with van der Waals surface area (Å²) in [5, 5.41) is 5.76. The zero-order valence-electron chi connectivity index (χ0n) is 13.9. The van der Waals surface area contributed by atoms with Gasteiger partial charge < -0.3 is 15.4 Å². The minimum atomic E-state index is -0.460. The molecule has 0 fully saturated rings. The van der Waals surface area contributed by atoms with Crippen molar-refractivity contribution in [1.82, 2.24) is 5.32 Å². The maximum Gasteiger partial charge on any atom is 0.253 e. The van der Waals surface area contributed by atoms with E-state index >= 15 is 0 Å². The molecule has 2 aromatic rings. The lowest BCUT2D eigenvalue weighted by atomic mass is 9.86. The van der Waals surface area contributed by atoms with E-state index in [1.807, 2.05) is 0 Å². The molecule has 0 saturated carbocycles. The summed E-state index contributed by atoms with van der Waals surface area (Å²) in [6, 6.07) is 10.6. The predicted molar refractivity (Wildman–Crippen MR) is 96.6 cm³/mol. The van der Waals surface area contributed by atoms with Gasteiger partial charge in [-0.15, -0.1) is 0 Å². The fourth-order valence-electron chi connectivity index (χ4n) is 2.77. The molecule has 3 rings (SSSR count). The molecule has 1 atom stereocenters. The molecule has 2 amide bonds. The quantitative estimate of drug-likeness (QED) is 0.859. The molecule has 0 spiro atoms. The Morgan fingerprint density at radius 2 is 2.00 bits per heavy atom. The fraction of sp³-hybridized carbons (Fsp3) is 0.158. The second-order valence-electron chi connectivity index (χ2n) is 5.78. The number of nitrogens with one attached hydrogen (secondary N) is 2. The molecule has 0 aromatic heterocycles. The predicted octanol–water partition coefficient (Wildman–Crippen LogP) is 3.61. The highest BCUT2D eigenvalue weighted by Gasteiger charge is 2.29. The molecule has 26 heavy (non-hydrogen) atoms. The van der Waals surface area contributed by atoms with E-state index in [4.69, 9.17) is 16.3 Å². The molecule has 0 bridgehead atoms. The first-order valence-corrected chi connectivity index (χ1v) is 8.25. The second-order valence-corrected chi connectivity index (χ2v) is 6.19. The zero-order chi connectivity index (χ0) is 18.7. The topological polar surface area (TPSA) is 67.4 Å². The Kier molecular flexibility index (Phi) is 5.23. The van der Waals surface area contributed by atoms with Gasteiger partial charge in [-0.2, -0.15) is 0 Å². The van der Waals surface area contributed by atoms with E-state index < -0.39 is 5.92 Å². The van der Waals surface area contributed by atoms with Crippen LogP contribution in [0, 0.1) is 5.82 Å². The molecule has 1 aliphatic rings. The summed E-state index contributed by atoms with van der Waals surface area (Å²) in [6.07, 6.45) is 1.50. The van der Waals surface area contributed by atoms with E-state index in [1.54, 1.807) is 30.3 Å². The first kappa shape index (κ1) is 17.9. The minimum absolute atomic E-state index is 0.106. The average Bonchev–Trinajstić information content (AvgIpc) is 2.63. The van der Waals surface area contributed by atoms with Gasteiger partial charge in [0.1, 0.15) is 11.6 Å². The molecule has 2 aromatic carbocycles. The van der Waals surface area contributed by atoms with Crippen LogP contribution in [0.4, 0.5) is 10.1 Å². The zero-order valence-corrected chi connectivity index (χ0v) is 14.6. The summed E-state index contributed by atoms with van der Waals surface area (Å²) < 4.78 is 18.3. The van der Waals surface area contributed by atoms with Crippen LogP contribution < -0.4 is 15.4 Å². The lowest BCUT2D eigenvalue weighted by molar-refractivity contribution is -0.121. The van der Waals surface area contributed by atoms with Gasteiger partial charge in [0, 0.05) is 35.9 Å². The van der Waals surface area contributed by atoms with E-state index in [2.05, 4.69) is 10.6 Å². The van der Waals surface area contributed by atoms with Gasteiger partial charge >= 0.3 is 0 Å². The Hall–Kier alpha value is -2.86. The molecule has 7 heteroatoms. The largest absolute Gasteiger partial charge is 0.495 e. The Labute approximate surface area is 154 Å². The van der Waals surface area contributed by atoms with Crippen LogP contribution in [0.1, 0.15) is 17.9 Å². The van der Waals surface area contributed by atoms with Crippen LogP contribution >= 0.6 is 11.6 Å². The van der Waals surface area contributed by atoms with Gasteiger partial charge in [-0.25, -0.2) is 4.39 Å². The van der Waals surface area contributed by atoms with Crippen LogP contribution in [0.15, 0.2) is 54.2 Å². The molecule has 1 aliphatic heterocycles. The molecule has 0 aliphatic carbocycles. The van der Waals surface area contributed by atoms with Crippen molar-refractivity contribution in [3.63, 3.8) is 0 Å². The van der Waals surface area contributed by atoms with Crippen molar-refractivity contribution >= 4 is 29.1 Å². The van der Waals surface area contributed by atoms with Crippen molar-refractivity contribution in [3.05, 3.63) is 70.6 Å². The Balaban J connectivity index is 1.86. The van der Waals surface area contributed by atoms with Crippen LogP contribution in [0.5, 0.6) is 5.75 Å². The number of hydrogen-bond acceptors (Lipinski definition) is 3. The van der Waals surface area contributed by atoms with Crippen LogP contribution in [0.2, 0.25) is 5.02 Å². The summed E-state index contributed by atoms with van der Waals surface area (Å²) in [4.78, 5) is 24.5. The van der Waals surface area contributed by atoms with E-state index in [0.717, 1.165) is 0 Å². The smallest absolute Gasteiger partial charge is 0.253 e. The Morgan fingerprint density at radius 3 is 2.69 bits per heavy atom. The standard InChI is InChI=1S/C19H16ClFN2O3/c1-26-17-8-13(6-7-16(17)20)23-19(25)15-10-22-18(24)9-14(15)11-2-4-12(21)5-3-11/h2-8,10,14H,9H2,1H3,(H,22,24)(H,23,25). The summed E-state index contributed by atoms with van der Waals surface area (Å²) in [7, 11) is 1.48. The third-order valence-electron chi connectivity index (χ3n) is 4.10. The second kappa shape index (κ2) is 7.58. The number of rotatable bonds is 4. The Bertz CT molecular complexity index is 881. The number of carbonyl (C=O) groups excluding carboxylic acids is 2. The first-order valence-electron chi connectivity index (χ1n) is 7.87.